The van der Waals surface area contributed by atoms with E-state index in [1.54, 1.807) is 16.9 Å². The molecule has 3 aromatic heterocycles. The zero-order valence-corrected chi connectivity index (χ0v) is 17.6. The molecule has 1 aliphatic carbocycles. The number of rotatable bonds is 3. The number of aryl methyl sites for hydroxylation is 1. The molecule has 6 rings (SSSR count). The zero-order chi connectivity index (χ0) is 22.1. The van der Waals surface area contributed by atoms with Crippen LogP contribution in [-0.2, 0) is 11.8 Å². The summed E-state index contributed by atoms with van der Waals surface area (Å²) in [5.41, 5.74) is 2.57. The largest absolute Gasteiger partial charge is 0.366 e. The second-order valence-electron chi connectivity index (χ2n) is 9.16. The van der Waals surface area contributed by atoms with E-state index >= 15 is 0 Å². The van der Waals surface area contributed by atoms with Crippen molar-refractivity contribution in [3.8, 4) is 11.1 Å². The van der Waals surface area contributed by atoms with Crippen molar-refractivity contribution in [2.24, 2.45) is 13.0 Å². The fourth-order valence-electron chi connectivity index (χ4n) is 5.32. The van der Waals surface area contributed by atoms with Gasteiger partial charge in [-0.05, 0) is 37.5 Å². The van der Waals surface area contributed by atoms with Crippen molar-refractivity contribution in [3.05, 3.63) is 53.0 Å². The summed E-state index contributed by atoms with van der Waals surface area (Å²) in [6.45, 7) is 1.39. The maximum absolute atomic E-state index is 14.0. The fraction of sp³-hybridized carbons (Fsp3) is 0.435. The summed E-state index contributed by atoms with van der Waals surface area (Å²) in [6, 6.07) is 5.33. The number of alkyl halides is 1. The average molecular weight is 439 g/mol. The van der Waals surface area contributed by atoms with Crippen LogP contribution in [0.1, 0.15) is 19.3 Å². The SMILES string of the molecule is Cn1cc(-c2cc3c(N4CC5CCC(C4)N5C(=O)[C@@H]4C[C@H]4F)ccnn3c2)cc(F)c1=O. The Morgan fingerprint density at radius 2 is 1.81 bits per heavy atom. The number of anilines is 1. The van der Waals surface area contributed by atoms with Crippen LogP contribution in [0.3, 0.4) is 0 Å². The second kappa shape index (κ2) is 6.88. The molecule has 7 nitrogen and oxygen atoms in total. The Labute approximate surface area is 182 Å². The molecule has 3 aromatic rings. The number of carbonyl (C=O) groups excluding carboxylic acids is 1. The van der Waals surface area contributed by atoms with E-state index in [2.05, 4.69) is 10.00 Å². The van der Waals surface area contributed by atoms with Crippen LogP contribution in [0.4, 0.5) is 14.5 Å². The Morgan fingerprint density at radius 3 is 2.47 bits per heavy atom. The van der Waals surface area contributed by atoms with Crippen LogP contribution in [0, 0.1) is 11.7 Å². The normalized spacial score (nSPS) is 26.7. The third-order valence-corrected chi connectivity index (χ3v) is 7.07. The Balaban J connectivity index is 1.32. The first-order valence-electron chi connectivity index (χ1n) is 11.0. The van der Waals surface area contributed by atoms with Gasteiger partial charge in [-0.3, -0.25) is 9.59 Å². The molecule has 5 heterocycles. The van der Waals surface area contributed by atoms with Gasteiger partial charge in [-0.2, -0.15) is 5.10 Å². The minimum Gasteiger partial charge on any atom is -0.366 e. The lowest BCUT2D eigenvalue weighted by atomic mass is 10.1. The standard InChI is InChI=1S/C23H23F2N5O2/c1-27-9-13(6-19(25)23(27)32)14-7-21-20(4-5-26-29(21)10-14)28-11-15-2-3-16(12-28)30(15)22(31)17-8-18(17)24/h4-7,9-10,15-18H,2-3,8,11-12H2,1H3/t15?,16?,17-,18-/m1/s1. The van der Waals surface area contributed by atoms with E-state index in [4.69, 9.17) is 0 Å². The van der Waals surface area contributed by atoms with Gasteiger partial charge in [0.05, 0.1) is 17.1 Å². The summed E-state index contributed by atoms with van der Waals surface area (Å²) in [6.07, 6.45) is 6.42. The number of hydrogen-bond acceptors (Lipinski definition) is 4. The molecule has 1 amide bonds. The average Bonchev–Trinajstić information content (AvgIpc) is 3.23. The van der Waals surface area contributed by atoms with Crippen LogP contribution in [0.25, 0.3) is 16.6 Å². The van der Waals surface area contributed by atoms with E-state index < -0.39 is 23.5 Å². The number of hydrogen-bond donors (Lipinski definition) is 0. The third-order valence-electron chi connectivity index (χ3n) is 7.07. The molecule has 0 spiro atoms. The number of fused-ring (bicyclic) bond motifs is 3. The number of nitrogens with zero attached hydrogens (tertiary/aromatic N) is 5. The van der Waals surface area contributed by atoms with Crippen molar-refractivity contribution in [3.63, 3.8) is 0 Å². The van der Waals surface area contributed by atoms with Gasteiger partial charge >= 0.3 is 0 Å². The van der Waals surface area contributed by atoms with Crippen molar-refractivity contribution in [2.75, 3.05) is 18.0 Å². The minimum atomic E-state index is -0.971. The van der Waals surface area contributed by atoms with Crippen molar-refractivity contribution in [2.45, 2.75) is 37.5 Å². The van der Waals surface area contributed by atoms with Gasteiger partial charge in [0, 0.05) is 61.9 Å². The van der Waals surface area contributed by atoms with Gasteiger partial charge in [0.2, 0.25) is 5.91 Å². The van der Waals surface area contributed by atoms with Crippen molar-refractivity contribution >= 4 is 17.1 Å². The van der Waals surface area contributed by atoms with E-state index in [9.17, 15) is 18.4 Å². The van der Waals surface area contributed by atoms with Gasteiger partial charge in [0.1, 0.15) is 6.17 Å². The lowest BCUT2D eigenvalue weighted by molar-refractivity contribution is -0.136. The highest BCUT2D eigenvalue weighted by atomic mass is 19.1. The predicted molar refractivity (Wildman–Crippen MR) is 115 cm³/mol. The molecule has 0 N–H and O–H groups in total. The number of halogens is 2. The molecule has 0 aromatic carbocycles. The predicted octanol–water partition coefficient (Wildman–Crippen LogP) is 2.38. The van der Waals surface area contributed by atoms with E-state index in [0.717, 1.165) is 29.6 Å². The van der Waals surface area contributed by atoms with Crippen LogP contribution in [0.2, 0.25) is 0 Å². The van der Waals surface area contributed by atoms with Crippen molar-refractivity contribution < 1.29 is 13.6 Å². The topological polar surface area (TPSA) is 62.9 Å². The van der Waals surface area contributed by atoms with Crippen LogP contribution in [-0.4, -0.2) is 56.3 Å². The van der Waals surface area contributed by atoms with Crippen molar-refractivity contribution in [1.29, 1.82) is 0 Å². The van der Waals surface area contributed by atoms with E-state index in [1.807, 2.05) is 23.2 Å². The number of aromatic nitrogens is 3. The monoisotopic (exact) mass is 439 g/mol. The third kappa shape index (κ3) is 2.94. The number of carbonyl (C=O) groups is 1. The Kier molecular flexibility index (Phi) is 4.18. The molecule has 2 aliphatic heterocycles. The number of piperazine rings is 1. The Morgan fingerprint density at radius 1 is 1.12 bits per heavy atom. The number of amides is 1. The number of pyridine rings is 1. The summed E-state index contributed by atoms with van der Waals surface area (Å²) in [4.78, 5) is 28.6. The molecule has 166 valence electrons. The molecular formula is C23H23F2N5O2. The molecule has 0 radical (unpaired) electrons. The van der Waals surface area contributed by atoms with Gasteiger partial charge in [0.15, 0.2) is 5.82 Å². The van der Waals surface area contributed by atoms with Crippen LogP contribution in [0.5, 0.6) is 0 Å². The molecule has 32 heavy (non-hydrogen) atoms. The highest BCUT2D eigenvalue weighted by molar-refractivity contribution is 5.84. The maximum atomic E-state index is 14.0. The Bertz CT molecular complexity index is 1260. The van der Waals surface area contributed by atoms with E-state index in [-0.39, 0.29) is 18.0 Å². The molecule has 2 bridgehead atoms. The highest BCUT2D eigenvalue weighted by Crippen LogP contribution is 2.41. The molecule has 3 fully saturated rings. The highest BCUT2D eigenvalue weighted by Gasteiger charge is 2.51. The smallest absolute Gasteiger partial charge is 0.286 e. The van der Waals surface area contributed by atoms with Crippen molar-refractivity contribution in [1.82, 2.24) is 19.1 Å². The summed E-state index contributed by atoms with van der Waals surface area (Å²) >= 11 is 0. The van der Waals surface area contributed by atoms with E-state index in [1.165, 1.54) is 17.7 Å². The summed E-state index contributed by atoms with van der Waals surface area (Å²) in [5, 5.41) is 4.40. The van der Waals surface area contributed by atoms with Crippen LogP contribution >= 0.6 is 0 Å². The molecule has 1 saturated carbocycles. The van der Waals surface area contributed by atoms with Gasteiger partial charge < -0.3 is 14.4 Å². The quantitative estimate of drug-likeness (QED) is 0.629. The first-order chi connectivity index (χ1) is 15.4. The van der Waals surface area contributed by atoms with Gasteiger partial charge in [-0.1, -0.05) is 0 Å². The summed E-state index contributed by atoms with van der Waals surface area (Å²) in [7, 11) is 1.53. The van der Waals surface area contributed by atoms with Crippen LogP contribution < -0.4 is 10.5 Å². The lowest BCUT2D eigenvalue weighted by Gasteiger charge is -2.42. The van der Waals surface area contributed by atoms with Crippen LogP contribution in [0.15, 0.2) is 41.6 Å². The van der Waals surface area contributed by atoms with Gasteiger partial charge in [-0.15, -0.1) is 0 Å². The summed E-state index contributed by atoms with van der Waals surface area (Å²) in [5.74, 6) is -1.25. The minimum absolute atomic E-state index is 0.0220. The molecule has 9 heteroatoms. The summed E-state index contributed by atoms with van der Waals surface area (Å²) < 4.78 is 30.5. The molecular weight excluding hydrogens is 416 g/mol. The molecule has 2 saturated heterocycles. The second-order valence-corrected chi connectivity index (χ2v) is 9.16. The van der Waals surface area contributed by atoms with Gasteiger partial charge in [-0.25, -0.2) is 13.3 Å². The first-order valence-corrected chi connectivity index (χ1v) is 11.0. The molecule has 3 aliphatic rings. The van der Waals surface area contributed by atoms with Gasteiger partial charge in [0.25, 0.3) is 5.56 Å². The fourth-order valence-corrected chi connectivity index (χ4v) is 5.32. The molecule has 4 atom stereocenters. The molecule has 2 unspecified atom stereocenters. The zero-order valence-electron chi connectivity index (χ0n) is 17.6. The Hall–Kier alpha value is -3.23. The first kappa shape index (κ1) is 19.5. The van der Waals surface area contributed by atoms with E-state index in [0.29, 0.717) is 25.1 Å². The lowest BCUT2D eigenvalue weighted by Crippen LogP contribution is -2.56. The maximum Gasteiger partial charge on any atom is 0.286 e.